The summed E-state index contributed by atoms with van der Waals surface area (Å²) in [6.45, 7) is 1.76. The first-order valence-electron chi connectivity index (χ1n) is 7.20. The van der Waals surface area contributed by atoms with Gasteiger partial charge in [0, 0.05) is 11.8 Å². The second-order valence-electron chi connectivity index (χ2n) is 5.16. The minimum absolute atomic E-state index is 0.0282. The Labute approximate surface area is 146 Å². The normalized spacial score (nSPS) is 12.0. The van der Waals surface area contributed by atoms with E-state index in [1.807, 2.05) is 0 Å². The zero-order valence-corrected chi connectivity index (χ0v) is 14.6. The van der Waals surface area contributed by atoms with Crippen molar-refractivity contribution in [3.05, 3.63) is 47.5 Å². The molecule has 11 heteroatoms. The second-order valence-corrected chi connectivity index (χ2v) is 8.10. The SMILES string of the molecule is Cc1noc(-c2ccn3c(CNS(=O)(=O)c4cccs4)nnc3c2)n1. The Morgan fingerprint density at radius 3 is 2.92 bits per heavy atom. The summed E-state index contributed by atoms with van der Waals surface area (Å²) < 4.78 is 34.0. The molecule has 0 unspecified atom stereocenters. The Kier molecular flexibility index (Phi) is 3.82. The third kappa shape index (κ3) is 3.04. The van der Waals surface area contributed by atoms with Gasteiger partial charge in [0.15, 0.2) is 17.3 Å². The van der Waals surface area contributed by atoms with Crippen LogP contribution in [0.4, 0.5) is 0 Å². The molecule has 0 aliphatic heterocycles. The molecule has 4 aromatic rings. The highest BCUT2D eigenvalue weighted by atomic mass is 32.2. The van der Waals surface area contributed by atoms with Gasteiger partial charge in [-0.2, -0.15) is 4.98 Å². The third-order valence-corrected chi connectivity index (χ3v) is 6.23. The molecule has 0 aliphatic carbocycles. The van der Waals surface area contributed by atoms with Gasteiger partial charge in [-0.05, 0) is 30.5 Å². The number of hydrogen-bond donors (Lipinski definition) is 1. The molecule has 0 radical (unpaired) electrons. The summed E-state index contributed by atoms with van der Waals surface area (Å²) in [6.07, 6.45) is 1.74. The van der Waals surface area contributed by atoms with Crippen LogP contribution >= 0.6 is 11.3 Å². The number of aromatic nitrogens is 5. The van der Waals surface area contributed by atoms with Crippen molar-refractivity contribution in [3.8, 4) is 11.5 Å². The zero-order valence-electron chi connectivity index (χ0n) is 12.9. The first-order valence-corrected chi connectivity index (χ1v) is 9.57. The van der Waals surface area contributed by atoms with Crippen molar-refractivity contribution in [2.45, 2.75) is 17.7 Å². The number of thiophene rings is 1. The minimum atomic E-state index is -3.56. The van der Waals surface area contributed by atoms with E-state index in [-0.39, 0.29) is 10.8 Å². The predicted molar refractivity (Wildman–Crippen MR) is 89.4 cm³/mol. The summed E-state index contributed by atoms with van der Waals surface area (Å²) in [5, 5.41) is 13.6. The first-order chi connectivity index (χ1) is 12.0. The molecule has 4 rings (SSSR count). The highest BCUT2D eigenvalue weighted by molar-refractivity contribution is 7.91. The molecule has 0 fully saturated rings. The van der Waals surface area contributed by atoms with E-state index in [4.69, 9.17) is 4.52 Å². The Bertz CT molecular complexity index is 1130. The van der Waals surface area contributed by atoms with Crippen molar-refractivity contribution in [2.75, 3.05) is 0 Å². The van der Waals surface area contributed by atoms with E-state index >= 15 is 0 Å². The summed E-state index contributed by atoms with van der Waals surface area (Å²) in [5.41, 5.74) is 1.27. The van der Waals surface area contributed by atoms with E-state index in [1.54, 1.807) is 47.2 Å². The van der Waals surface area contributed by atoms with E-state index in [1.165, 1.54) is 0 Å². The highest BCUT2D eigenvalue weighted by Gasteiger charge is 2.17. The lowest BCUT2D eigenvalue weighted by molar-refractivity contribution is 0.425. The summed E-state index contributed by atoms with van der Waals surface area (Å²) >= 11 is 1.16. The van der Waals surface area contributed by atoms with Crippen molar-refractivity contribution in [1.29, 1.82) is 0 Å². The lowest BCUT2D eigenvalue weighted by atomic mass is 10.2. The molecule has 4 aromatic heterocycles. The number of rotatable bonds is 5. The number of nitrogens with one attached hydrogen (secondary N) is 1. The summed E-state index contributed by atoms with van der Waals surface area (Å²) in [5.74, 6) is 1.41. The molecule has 0 saturated carbocycles. The average molecular weight is 376 g/mol. The van der Waals surface area contributed by atoms with Gasteiger partial charge in [0.1, 0.15) is 4.21 Å². The molecular formula is C14H12N6O3S2. The van der Waals surface area contributed by atoms with Crippen LogP contribution in [0.5, 0.6) is 0 Å². The topological polar surface area (TPSA) is 115 Å². The van der Waals surface area contributed by atoms with Crippen LogP contribution in [0.3, 0.4) is 0 Å². The number of nitrogens with zero attached hydrogens (tertiary/aromatic N) is 5. The minimum Gasteiger partial charge on any atom is -0.334 e. The van der Waals surface area contributed by atoms with Gasteiger partial charge in [-0.3, -0.25) is 4.40 Å². The predicted octanol–water partition coefficient (Wildman–Crippen LogP) is 1.63. The van der Waals surface area contributed by atoms with E-state index in [9.17, 15) is 8.42 Å². The van der Waals surface area contributed by atoms with E-state index in [0.717, 1.165) is 11.3 Å². The molecule has 0 atom stereocenters. The maximum Gasteiger partial charge on any atom is 0.258 e. The molecule has 1 N–H and O–H groups in total. The molecule has 0 amide bonds. The third-order valence-electron chi connectivity index (χ3n) is 3.44. The molecule has 0 spiro atoms. The quantitative estimate of drug-likeness (QED) is 0.563. The van der Waals surface area contributed by atoms with Crippen LogP contribution in [0.2, 0.25) is 0 Å². The van der Waals surface area contributed by atoms with Gasteiger partial charge in [0.25, 0.3) is 5.89 Å². The Balaban J connectivity index is 1.59. The molecule has 0 bridgehead atoms. The van der Waals surface area contributed by atoms with E-state index in [0.29, 0.717) is 28.8 Å². The summed E-state index contributed by atoms with van der Waals surface area (Å²) in [6, 6.07) is 6.76. The highest BCUT2D eigenvalue weighted by Crippen LogP contribution is 2.19. The van der Waals surface area contributed by atoms with E-state index < -0.39 is 10.0 Å². The molecule has 0 saturated heterocycles. The van der Waals surface area contributed by atoms with Gasteiger partial charge >= 0.3 is 0 Å². The molecule has 25 heavy (non-hydrogen) atoms. The van der Waals surface area contributed by atoms with Gasteiger partial charge < -0.3 is 4.52 Å². The van der Waals surface area contributed by atoms with Gasteiger partial charge in [-0.25, -0.2) is 13.1 Å². The lowest BCUT2D eigenvalue weighted by Gasteiger charge is -2.04. The maximum absolute atomic E-state index is 12.2. The lowest BCUT2D eigenvalue weighted by Crippen LogP contribution is -2.23. The number of aryl methyl sites for hydroxylation is 1. The average Bonchev–Trinajstić information content (AvgIpc) is 3.33. The van der Waals surface area contributed by atoms with Crippen molar-refractivity contribution >= 4 is 27.0 Å². The van der Waals surface area contributed by atoms with Gasteiger partial charge in [0.05, 0.1) is 6.54 Å². The van der Waals surface area contributed by atoms with Crippen LogP contribution < -0.4 is 4.72 Å². The van der Waals surface area contributed by atoms with Gasteiger partial charge in [0.2, 0.25) is 10.0 Å². The second kappa shape index (κ2) is 6.02. The fourth-order valence-corrected chi connectivity index (χ4v) is 4.27. The molecule has 0 aromatic carbocycles. The van der Waals surface area contributed by atoms with Crippen molar-refractivity contribution < 1.29 is 12.9 Å². The van der Waals surface area contributed by atoms with Crippen LogP contribution in [0, 0.1) is 6.92 Å². The fourth-order valence-electron chi connectivity index (χ4n) is 2.26. The largest absolute Gasteiger partial charge is 0.334 e. The van der Waals surface area contributed by atoms with E-state index in [2.05, 4.69) is 25.1 Å². The van der Waals surface area contributed by atoms with Gasteiger partial charge in [-0.15, -0.1) is 21.5 Å². The number of pyridine rings is 1. The maximum atomic E-state index is 12.2. The fraction of sp³-hybridized carbons (Fsp3) is 0.143. The standard InChI is InChI=1S/C14H12N6O3S2/c1-9-16-14(23-19-9)10-4-5-20-11(7-10)17-18-12(20)8-15-25(21,22)13-3-2-6-24-13/h2-7,15H,8H2,1H3. The smallest absolute Gasteiger partial charge is 0.258 e. The van der Waals surface area contributed by atoms with Crippen LogP contribution in [0.25, 0.3) is 17.1 Å². The number of hydrogen-bond acceptors (Lipinski definition) is 8. The molecular weight excluding hydrogens is 364 g/mol. The molecule has 128 valence electrons. The zero-order chi connectivity index (χ0) is 17.4. The van der Waals surface area contributed by atoms with Crippen LogP contribution in [-0.2, 0) is 16.6 Å². The first kappa shape index (κ1) is 15.9. The number of sulfonamides is 1. The van der Waals surface area contributed by atoms with Crippen LogP contribution in [0.15, 0.2) is 44.6 Å². The molecule has 0 aliphatic rings. The van der Waals surface area contributed by atoms with Gasteiger partial charge in [-0.1, -0.05) is 11.2 Å². The Morgan fingerprint density at radius 1 is 1.32 bits per heavy atom. The number of fused-ring (bicyclic) bond motifs is 1. The monoisotopic (exact) mass is 376 g/mol. The molecule has 9 nitrogen and oxygen atoms in total. The van der Waals surface area contributed by atoms with Crippen LogP contribution in [0.1, 0.15) is 11.6 Å². The van der Waals surface area contributed by atoms with Crippen molar-refractivity contribution in [3.63, 3.8) is 0 Å². The van der Waals surface area contributed by atoms with Crippen molar-refractivity contribution in [2.24, 2.45) is 0 Å². The molecule has 4 heterocycles. The van der Waals surface area contributed by atoms with Crippen molar-refractivity contribution in [1.82, 2.24) is 29.5 Å². The Hall–Kier alpha value is -2.63. The Morgan fingerprint density at radius 2 is 2.20 bits per heavy atom. The summed E-state index contributed by atoms with van der Waals surface area (Å²) in [7, 11) is -3.56. The summed E-state index contributed by atoms with van der Waals surface area (Å²) in [4.78, 5) is 4.17. The van der Waals surface area contributed by atoms with Crippen LogP contribution in [-0.4, -0.2) is 33.2 Å².